The number of carbonyl (C=O) groups is 1. The van der Waals surface area contributed by atoms with Gasteiger partial charge in [-0.2, -0.15) is 0 Å². The lowest BCUT2D eigenvalue weighted by Gasteiger charge is -2.21. The van der Waals surface area contributed by atoms with Gasteiger partial charge < -0.3 is 15.4 Å². The van der Waals surface area contributed by atoms with Gasteiger partial charge in [0.25, 0.3) is 0 Å². The third-order valence-corrected chi connectivity index (χ3v) is 2.54. The molecule has 0 spiro atoms. The van der Waals surface area contributed by atoms with Crippen molar-refractivity contribution in [1.29, 1.82) is 0 Å². The quantitative estimate of drug-likeness (QED) is 0.707. The van der Waals surface area contributed by atoms with Gasteiger partial charge >= 0.3 is 6.09 Å². The van der Waals surface area contributed by atoms with Crippen LogP contribution in [0.3, 0.4) is 0 Å². The lowest BCUT2D eigenvalue weighted by atomic mass is 10.1. The van der Waals surface area contributed by atoms with Crippen LogP contribution in [0.15, 0.2) is 0 Å². The van der Waals surface area contributed by atoms with Crippen molar-refractivity contribution in [2.24, 2.45) is 11.1 Å². The number of nitrogens with two attached hydrogens (primary N) is 1. The maximum atomic E-state index is 11.2. The van der Waals surface area contributed by atoms with E-state index in [4.69, 9.17) is 10.5 Å². The first-order valence-corrected chi connectivity index (χ1v) is 4.71. The van der Waals surface area contributed by atoms with E-state index < -0.39 is 0 Å². The van der Waals surface area contributed by atoms with Gasteiger partial charge in [0.1, 0.15) is 0 Å². The molecule has 0 bridgehead atoms. The Kier molecular flexibility index (Phi) is 3.14. The molecule has 2 N–H and O–H groups in total. The number of rotatable bonds is 4. The number of amides is 1. The van der Waals surface area contributed by atoms with Gasteiger partial charge in [-0.1, -0.05) is 0 Å². The van der Waals surface area contributed by atoms with Gasteiger partial charge in [-0.15, -0.1) is 0 Å². The molecule has 0 unspecified atom stereocenters. The highest BCUT2D eigenvalue weighted by Gasteiger charge is 2.42. The summed E-state index contributed by atoms with van der Waals surface area (Å²) < 4.78 is 4.87. The minimum atomic E-state index is -0.248. The highest BCUT2D eigenvalue weighted by Crippen LogP contribution is 2.44. The van der Waals surface area contributed by atoms with Crippen LogP contribution in [0.5, 0.6) is 0 Å². The molecule has 1 fully saturated rings. The fourth-order valence-electron chi connectivity index (χ4n) is 1.40. The van der Waals surface area contributed by atoms with Crippen molar-refractivity contribution in [3.8, 4) is 0 Å². The van der Waals surface area contributed by atoms with Gasteiger partial charge in [0.2, 0.25) is 0 Å². The maximum Gasteiger partial charge on any atom is 0.409 e. The molecule has 0 atom stereocenters. The number of ether oxygens (including phenoxy) is 1. The first-order valence-electron chi connectivity index (χ1n) is 4.71. The summed E-state index contributed by atoms with van der Waals surface area (Å²) in [4.78, 5) is 12.8. The van der Waals surface area contributed by atoms with Crippen LogP contribution in [-0.2, 0) is 4.74 Å². The van der Waals surface area contributed by atoms with E-state index in [2.05, 4.69) is 0 Å². The van der Waals surface area contributed by atoms with Crippen LogP contribution in [0, 0.1) is 5.41 Å². The first-order chi connectivity index (χ1) is 6.13. The molecule has 13 heavy (non-hydrogen) atoms. The molecule has 0 aromatic carbocycles. The second kappa shape index (κ2) is 3.96. The van der Waals surface area contributed by atoms with E-state index in [0.717, 1.165) is 19.4 Å². The zero-order chi connectivity index (χ0) is 9.90. The topological polar surface area (TPSA) is 55.6 Å². The van der Waals surface area contributed by atoms with E-state index in [1.807, 2.05) is 6.92 Å². The van der Waals surface area contributed by atoms with Crippen molar-refractivity contribution in [2.45, 2.75) is 19.8 Å². The standard InChI is InChI=1S/C9H18N2O2/c1-3-13-8(12)11(2)7-9(6-10)4-5-9/h3-7,10H2,1-2H3. The monoisotopic (exact) mass is 186 g/mol. The molecule has 0 aromatic heterocycles. The minimum Gasteiger partial charge on any atom is -0.450 e. The summed E-state index contributed by atoms with van der Waals surface area (Å²) >= 11 is 0. The SMILES string of the molecule is CCOC(=O)N(C)CC1(CN)CC1. The molecule has 0 radical (unpaired) electrons. The van der Waals surface area contributed by atoms with Crippen LogP contribution < -0.4 is 5.73 Å². The van der Waals surface area contributed by atoms with Gasteiger partial charge in [0.05, 0.1) is 6.61 Å². The van der Waals surface area contributed by atoms with Gasteiger partial charge in [-0.3, -0.25) is 0 Å². The van der Waals surface area contributed by atoms with Crippen LogP contribution in [0.25, 0.3) is 0 Å². The Morgan fingerprint density at radius 3 is 2.62 bits per heavy atom. The van der Waals surface area contributed by atoms with E-state index in [9.17, 15) is 4.79 Å². The molecule has 0 aliphatic heterocycles. The summed E-state index contributed by atoms with van der Waals surface area (Å²) in [6, 6.07) is 0. The van der Waals surface area contributed by atoms with E-state index in [0.29, 0.717) is 13.2 Å². The van der Waals surface area contributed by atoms with Crippen LogP contribution in [0.2, 0.25) is 0 Å². The highest BCUT2D eigenvalue weighted by molar-refractivity contribution is 5.67. The number of hydrogen-bond acceptors (Lipinski definition) is 3. The molecular weight excluding hydrogens is 168 g/mol. The van der Waals surface area contributed by atoms with Crippen LogP contribution >= 0.6 is 0 Å². The van der Waals surface area contributed by atoms with Crippen LogP contribution in [-0.4, -0.2) is 37.7 Å². The molecule has 0 aromatic rings. The van der Waals surface area contributed by atoms with Crippen molar-refractivity contribution in [1.82, 2.24) is 4.90 Å². The van der Waals surface area contributed by atoms with Crippen LogP contribution in [0.4, 0.5) is 4.79 Å². The summed E-state index contributed by atoms with van der Waals surface area (Å²) in [7, 11) is 1.76. The molecule has 1 aliphatic rings. The molecule has 1 aliphatic carbocycles. The lowest BCUT2D eigenvalue weighted by molar-refractivity contribution is 0.109. The molecule has 0 heterocycles. The Morgan fingerprint density at radius 1 is 1.62 bits per heavy atom. The van der Waals surface area contributed by atoms with E-state index in [1.165, 1.54) is 0 Å². The lowest BCUT2D eigenvalue weighted by Crippen LogP contribution is -2.36. The number of nitrogens with zero attached hydrogens (tertiary/aromatic N) is 1. The van der Waals surface area contributed by atoms with Crippen molar-refractivity contribution in [3.05, 3.63) is 0 Å². The average Bonchev–Trinajstić information content (AvgIpc) is 2.86. The minimum absolute atomic E-state index is 0.196. The fraction of sp³-hybridized carbons (Fsp3) is 0.889. The number of carbonyl (C=O) groups excluding carboxylic acids is 1. The van der Waals surface area contributed by atoms with Crippen LogP contribution in [0.1, 0.15) is 19.8 Å². The summed E-state index contributed by atoms with van der Waals surface area (Å²) in [6.07, 6.45) is 2.02. The normalized spacial score (nSPS) is 18.1. The second-order valence-corrected chi connectivity index (χ2v) is 3.76. The van der Waals surface area contributed by atoms with E-state index in [1.54, 1.807) is 11.9 Å². The Labute approximate surface area is 79.0 Å². The molecule has 0 saturated heterocycles. The molecule has 4 heteroatoms. The molecule has 1 rings (SSSR count). The van der Waals surface area contributed by atoms with E-state index in [-0.39, 0.29) is 11.5 Å². The molecule has 1 saturated carbocycles. The smallest absolute Gasteiger partial charge is 0.409 e. The second-order valence-electron chi connectivity index (χ2n) is 3.76. The summed E-state index contributed by atoms with van der Waals surface area (Å²) in [5, 5.41) is 0. The van der Waals surface area contributed by atoms with Gasteiger partial charge in [0, 0.05) is 19.0 Å². The third kappa shape index (κ3) is 2.59. The first kappa shape index (κ1) is 10.3. The predicted molar refractivity (Wildman–Crippen MR) is 50.4 cm³/mol. The molecule has 76 valence electrons. The summed E-state index contributed by atoms with van der Waals surface area (Å²) in [5.41, 5.74) is 5.81. The zero-order valence-electron chi connectivity index (χ0n) is 8.38. The average molecular weight is 186 g/mol. The van der Waals surface area contributed by atoms with Gasteiger partial charge in [-0.25, -0.2) is 4.79 Å². The third-order valence-electron chi connectivity index (χ3n) is 2.54. The van der Waals surface area contributed by atoms with Gasteiger partial charge in [0.15, 0.2) is 0 Å². The Bertz CT molecular complexity index is 190. The maximum absolute atomic E-state index is 11.2. The fourth-order valence-corrected chi connectivity index (χ4v) is 1.40. The summed E-state index contributed by atoms with van der Waals surface area (Å²) in [6.45, 7) is 3.62. The van der Waals surface area contributed by atoms with Crippen molar-refractivity contribution < 1.29 is 9.53 Å². The Balaban J connectivity index is 2.32. The highest BCUT2D eigenvalue weighted by atomic mass is 16.5. The van der Waals surface area contributed by atoms with Crippen molar-refractivity contribution in [2.75, 3.05) is 26.7 Å². The Hall–Kier alpha value is -0.770. The predicted octanol–water partition coefficient (Wildman–Crippen LogP) is 0.814. The largest absolute Gasteiger partial charge is 0.450 e. The summed E-state index contributed by atoms with van der Waals surface area (Å²) in [5.74, 6) is 0. The zero-order valence-corrected chi connectivity index (χ0v) is 8.38. The van der Waals surface area contributed by atoms with E-state index >= 15 is 0 Å². The Morgan fingerprint density at radius 2 is 2.23 bits per heavy atom. The molecule has 1 amide bonds. The van der Waals surface area contributed by atoms with Crippen molar-refractivity contribution >= 4 is 6.09 Å². The molecular formula is C9H18N2O2. The van der Waals surface area contributed by atoms with Gasteiger partial charge in [-0.05, 0) is 26.3 Å². The van der Waals surface area contributed by atoms with Crippen molar-refractivity contribution in [3.63, 3.8) is 0 Å². The number of hydrogen-bond donors (Lipinski definition) is 1. The molecule has 4 nitrogen and oxygen atoms in total.